The summed E-state index contributed by atoms with van der Waals surface area (Å²) in [6.07, 6.45) is 12.0. The summed E-state index contributed by atoms with van der Waals surface area (Å²) in [6.45, 7) is 8.32. The number of allylic oxidation sites excluding steroid dienone is 2. The van der Waals surface area contributed by atoms with Gasteiger partial charge in [-0.25, -0.2) is 0 Å². The molecule has 0 saturated carbocycles. The Morgan fingerprint density at radius 1 is 1.36 bits per heavy atom. The minimum atomic E-state index is 0.331. The molecule has 0 radical (unpaired) electrons. The predicted octanol–water partition coefficient (Wildman–Crippen LogP) is 2.11. The van der Waals surface area contributed by atoms with Crippen molar-refractivity contribution in [3.05, 3.63) is 49.7 Å². The Bertz CT molecular complexity index is 201. The van der Waals surface area contributed by atoms with E-state index in [2.05, 4.69) is 24.1 Å². The number of nitrogens with zero attached hydrogens (tertiary/aromatic N) is 1. The molecule has 0 aromatic heterocycles. The minimum Gasteiger partial charge on any atom is -0.364 e. The molecule has 1 unspecified atom stereocenters. The maximum absolute atomic E-state index is 3.76. The molecule has 0 fully saturated rings. The van der Waals surface area contributed by atoms with Gasteiger partial charge in [0.15, 0.2) is 0 Å². The Balaban J connectivity index is 2.61. The molecule has 1 aliphatic rings. The number of hydrogen-bond donors (Lipinski definition) is 0. The van der Waals surface area contributed by atoms with Gasteiger partial charge in [0.25, 0.3) is 0 Å². The topological polar surface area (TPSA) is 3.24 Å². The van der Waals surface area contributed by atoms with E-state index >= 15 is 0 Å². The van der Waals surface area contributed by atoms with E-state index in [9.17, 15) is 0 Å². The summed E-state index contributed by atoms with van der Waals surface area (Å²) < 4.78 is 0. The minimum absolute atomic E-state index is 0.331. The first-order chi connectivity index (χ1) is 5.38. The van der Waals surface area contributed by atoms with Crippen LogP contribution < -0.4 is 0 Å². The van der Waals surface area contributed by atoms with Gasteiger partial charge in [-0.05, 0) is 6.08 Å². The Morgan fingerprint density at radius 3 is 2.82 bits per heavy atom. The summed E-state index contributed by atoms with van der Waals surface area (Å²) in [5.74, 6) is 0. The van der Waals surface area contributed by atoms with Crippen LogP contribution in [0.25, 0.3) is 0 Å². The zero-order valence-corrected chi connectivity index (χ0v) is 6.61. The molecule has 0 aromatic rings. The Labute approximate surface area is 68.0 Å². The molecule has 0 saturated heterocycles. The van der Waals surface area contributed by atoms with Gasteiger partial charge < -0.3 is 4.90 Å². The lowest BCUT2D eigenvalue weighted by molar-refractivity contribution is 0.395. The molecule has 1 atom stereocenters. The van der Waals surface area contributed by atoms with Crippen molar-refractivity contribution in [1.82, 2.24) is 4.90 Å². The zero-order chi connectivity index (χ0) is 8.10. The Hall–Kier alpha value is -1.24. The van der Waals surface area contributed by atoms with Crippen molar-refractivity contribution in [3.63, 3.8) is 0 Å². The quantitative estimate of drug-likeness (QED) is 0.553. The average molecular weight is 147 g/mol. The van der Waals surface area contributed by atoms with E-state index in [1.54, 1.807) is 0 Å². The SMILES string of the molecule is C=CCN1C=CC=CC1C=C. The van der Waals surface area contributed by atoms with Crippen LogP contribution in [0.15, 0.2) is 49.7 Å². The second-order valence-corrected chi connectivity index (χ2v) is 2.44. The van der Waals surface area contributed by atoms with Gasteiger partial charge >= 0.3 is 0 Å². The molecule has 0 amide bonds. The van der Waals surface area contributed by atoms with Crippen LogP contribution in [-0.2, 0) is 0 Å². The smallest absolute Gasteiger partial charge is 0.0655 e. The molecule has 0 spiro atoms. The molecule has 1 heterocycles. The van der Waals surface area contributed by atoms with Gasteiger partial charge in [0.1, 0.15) is 0 Å². The van der Waals surface area contributed by atoms with Gasteiger partial charge in [-0.1, -0.05) is 24.3 Å². The van der Waals surface area contributed by atoms with Crippen molar-refractivity contribution in [3.8, 4) is 0 Å². The summed E-state index contributed by atoms with van der Waals surface area (Å²) in [5, 5.41) is 0. The summed E-state index contributed by atoms with van der Waals surface area (Å²) >= 11 is 0. The molecule has 0 aromatic carbocycles. The highest BCUT2D eigenvalue weighted by atomic mass is 15.1. The fourth-order valence-corrected chi connectivity index (χ4v) is 1.09. The first-order valence-electron chi connectivity index (χ1n) is 3.72. The lowest BCUT2D eigenvalue weighted by atomic mass is 10.2. The van der Waals surface area contributed by atoms with Crippen LogP contribution in [0.4, 0.5) is 0 Å². The summed E-state index contributed by atoms with van der Waals surface area (Å²) in [6, 6.07) is 0.331. The normalized spacial score (nSPS) is 21.8. The summed E-state index contributed by atoms with van der Waals surface area (Å²) in [5.41, 5.74) is 0. The predicted molar refractivity (Wildman–Crippen MR) is 49.2 cm³/mol. The largest absolute Gasteiger partial charge is 0.364 e. The van der Waals surface area contributed by atoms with Crippen LogP contribution in [0, 0.1) is 0 Å². The average Bonchev–Trinajstić information content (AvgIpc) is 2.06. The van der Waals surface area contributed by atoms with Crippen molar-refractivity contribution in [2.75, 3.05) is 6.54 Å². The van der Waals surface area contributed by atoms with E-state index in [1.807, 2.05) is 30.5 Å². The zero-order valence-electron chi connectivity index (χ0n) is 6.61. The van der Waals surface area contributed by atoms with E-state index in [-0.39, 0.29) is 0 Å². The molecular formula is C10H13N. The van der Waals surface area contributed by atoms with Crippen molar-refractivity contribution < 1.29 is 0 Å². The first kappa shape index (κ1) is 7.86. The van der Waals surface area contributed by atoms with Gasteiger partial charge in [-0.3, -0.25) is 0 Å². The Kier molecular flexibility index (Phi) is 2.73. The number of rotatable bonds is 3. The van der Waals surface area contributed by atoms with Crippen LogP contribution in [-0.4, -0.2) is 17.5 Å². The molecule has 1 nitrogen and oxygen atoms in total. The van der Waals surface area contributed by atoms with Gasteiger partial charge in [0.05, 0.1) is 6.04 Å². The van der Waals surface area contributed by atoms with Crippen molar-refractivity contribution in [2.45, 2.75) is 6.04 Å². The third-order valence-corrected chi connectivity index (χ3v) is 1.66. The molecular weight excluding hydrogens is 134 g/mol. The molecule has 1 heteroatoms. The van der Waals surface area contributed by atoms with Gasteiger partial charge in [0, 0.05) is 12.7 Å². The van der Waals surface area contributed by atoms with Gasteiger partial charge in [-0.2, -0.15) is 0 Å². The molecule has 0 bridgehead atoms. The maximum atomic E-state index is 3.76. The van der Waals surface area contributed by atoms with Crippen LogP contribution in [0.3, 0.4) is 0 Å². The van der Waals surface area contributed by atoms with Crippen LogP contribution in [0.5, 0.6) is 0 Å². The van der Waals surface area contributed by atoms with E-state index in [0.717, 1.165) is 6.54 Å². The second-order valence-electron chi connectivity index (χ2n) is 2.44. The molecule has 0 N–H and O–H groups in total. The lowest BCUT2D eigenvalue weighted by Gasteiger charge is -2.26. The molecule has 1 rings (SSSR count). The standard InChI is InChI=1S/C10H13N/c1-3-8-11-9-6-5-7-10(11)4-2/h3-7,9-10H,1-2,8H2. The van der Waals surface area contributed by atoms with Crippen molar-refractivity contribution >= 4 is 0 Å². The monoisotopic (exact) mass is 147 g/mol. The Morgan fingerprint density at radius 2 is 2.18 bits per heavy atom. The first-order valence-corrected chi connectivity index (χ1v) is 3.72. The van der Waals surface area contributed by atoms with Crippen molar-refractivity contribution in [1.29, 1.82) is 0 Å². The summed E-state index contributed by atoms with van der Waals surface area (Å²) in [4.78, 5) is 2.17. The highest BCUT2D eigenvalue weighted by molar-refractivity contribution is 5.18. The highest BCUT2D eigenvalue weighted by Gasteiger charge is 2.07. The lowest BCUT2D eigenvalue weighted by Crippen LogP contribution is -2.28. The number of hydrogen-bond acceptors (Lipinski definition) is 1. The van der Waals surface area contributed by atoms with Crippen LogP contribution >= 0.6 is 0 Å². The second kappa shape index (κ2) is 3.81. The summed E-state index contributed by atoms with van der Waals surface area (Å²) in [7, 11) is 0. The van der Waals surface area contributed by atoms with Gasteiger partial charge in [-0.15, -0.1) is 13.2 Å². The fourth-order valence-electron chi connectivity index (χ4n) is 1.09. The molecule has 0 aliphatic carbocycles. The van der Waals surface area contributed by atoms with E-state index in [4.69, 9.17) is 0 Å². The van der Waals surface area contributed by atoms with E-state index < -0.39 is 0 Å². The van der Waals surface area contributed by atoms with Crippen LogP contribution in [0.2, 0.25) is 0 Å². The molecule has 11 heavy (non-hydrogen) atoms. The van der Waals surface area contributed by atoms with E-state index in [0.29, 0.717) is 6.04 Å². The third kappa shape index (κ3) is 1.84. The molecule has 1 aliphatic heterocycles. The maximum Gasteiger partial charge on any atom is 0.0655 e. The van der Waals surface area contributed by atoms with E-state index in [1.165, 1.54) is 0 Å². The van der Waals surface area contributed by atoms with Crippen LogP contribution in [0.1, 0.15) is 0 Å². The van der Waals surface area contributed by atoms with Crippen molar-refractivity contribution in [2.24, 2.45) is 0 Å². The fraction of sp³-hybridized carbons (Fsp3) is 0.200. The third-order valence-electron chi connectivity index (χ3n) is 1.66. The van der Waals surface area contributed by atoms with Gasteiger partial charge in [0.2, 0.25) is 0 Å². The molecule has 58 valence electrons. The highest BCUT2D eigenvalue weighted by Crippen LogP contribution is 2.08.